The van der Waals surface area contributed by atoms with Gasteiger partial charge in [-0.25, -0.2) is 0 Å². The summed E-state index contributed by atoms with van der Waals surface area (Å²) in [6, 6.07) is 2.08. The van der Waals surface area contributed by atoms with Crippen LogP contribution in [0.25, 0.3) is 0 Å². The van der Waals surface area contributed by atoms with Crippen LogP contribution in [0.3, 0.4) is 0 Å². The predicted octanol–water partition coefficient (Wildman–Crippen LogP) is -0.0173. The number of piperidine rings is 1. The topological polar surface area (TPSA) is 76.6 Å². The summed E-state index contributed by atoms with van der Waals surface area (Å²) in [6.07, 6.45) is 5.01. The first kappa shape index (κ1) is 15.8. The minimum atomic E-state index is -0.110. The van der Waals surface area contributed by atoms with Crippen molar-refractivity contribution >= 4 is 5.91 Å². The molecule has 6 heteroatoms. The molecule has 2 heterocycles. The summed E-state index contributed by atoms with van der Waals surface area (Å²) in [5.74, 6) is -0.110. The lowest BCUT2D eigenvalue weighted by molar-refractivity contribution is -0.127. The molecule has 2 saturated heterocycles. The summed E-state index contributed by atoms with van der Waals surface area (Å²) >= 11 is 0. The van der Waals surface area contributed by atoms with E-state index in [1.807, 2.05) is 4.90 Å². The summed E-state index contributed by atoms with van der Waals surface area (Å²) in [7, 11) is 0. The van der Waals surface area contributed by atoms with Crippen LogP contribution in [0, 0.1) is 11.3 Å². The molecule has 2 aliphatic rings. The Morgan fingerprint density at radius 2 is 1.76 bits per heavy atom. The highest BCUT2D eigenvalue weighted by Crippen LogP contribution is 2.13. The fourth-order valence-electron chi connectivity index (χ4n) is 2.88. The lowest BCUT2D eigenvalue weighted by Crippen LogP contribution is -2.46. The molecule has 6 nitrogen and oxygen atoms in total. The third kappa shape index (κ3) is 4.45. The molecule has 0 saturated carbocycles. The fourth-order valence-corrected chi connectivity index (χ4v) is 2.88. The van der Waals surface area contributed by atoms with Crippen LogP contribution in [0.2, 0.25) is 0 Å². The number of rotatable bonds is 4. The van der Waals surface area contributed by atoms with Gasteiger partial charge in [0.2, 0.25) is 0 Å². The molecule has 0 unspecified atom stereocenters. The Labute approximate surface area is 126 Å². The third-order valence-corrected chi connectivity index (χ3v) is 4.16. The summed E-state index contributed by atoms with van der Waals surface area (Å²) < 4.78 is 0. The van der Waals surface area contributed by atoms with Crippen LogP contribution in [-0.2, 0) is 4.79 Å². The molecule has 1 amide bonds. The van der Waals surface area contributed by atoms with E-state index in [0.717, 1.165) is 58.7 Å². The summed E-state index contributed by atoms with van der Waals surface area (Å²) in [5, 5.41) is 9.27. The average Bonchev–Trinajstić information content (AvgIpc) is 2.54. The Morgan fingerprint density at radius 3 is 2.33 bits per heavy atom. The van der Waals surface area contributed by atoms with Crippen molar-refractivity contribution in [2.24, 2.45) is 5.73 Å². The SMILES string of the molecule is N#C/C(=C/N1CCN(CCN)CC1)C(=O)N1CCCCC1. The van der Waals surface area contributed by atoms with Crippen molar-refractivity contribution in [3.8, 4) is 6.07 Å². The zero-order valence-corrected chi connectivity index (χ0v) is 12.6. The molecule has 2 fully saturated rings. The Kier molecular flexibility index (Phi) is 6.03. The number of amides is 1. The van der Waals surface area contributed by atoms with Crippen molar-refractivity contribution in [1.29, 1.82) is 5.26 Å². The maximum atomic E-state index is 12.4. The monoisotopic (exact) mass is 291 g/mol. The quantitative estimate of drug-likeness (QED) is 0.582. The summed E-state index contributed by atoms with van der Waals surface area (Å²) in [4.78, 5) is 18.5. The van der Waals surface area contributed by atoms with Crippen molar-refractivity contribution in [2.45, 2.75) is 19.3 Å². The third-order valence-electron chi connectivity index (χ3n) is 4.16. The van der Waals surface area contributed by atoms with Gasteiger partial charge in [-0.1, -0.05) is 0 Å². The first-order chi connectivity index (χ1) is 10.2. The van der Waals surface area contributed by atoms with Crippen LogP contribution >= 0.6 is 0 Å². The Balaban J connectivity index is 1.91. The van der Waals surface area contributed by atoms with Gasteiger partial charge in [0.05, 0.1) is 0 Å². The fraction of sp³-hybridized carbons (Fsp3) is 0.733. The van der Waals surface area contributed by atoms with Gasteiger partial charge in [-0.3, -0.25) is 9.69 Å². The zero-order valence-electron chi connectivity index (χ0n) is 12.6. The Morgan fingerprint density at radius 1 is 1.10 bits per heavy atom. The largest absolute Gasteiger partial charge is 0.374 e. The van der Waals surface area contributed by atoms with E-state index in [9.17, 15) is 10.1 Å². The molecule has 0 bridgehead atoms. The van der Waals surface area contributed by atoms with Gasteiger partial charge in [0, 0.05) is 58.6 Å². The number of nitrogens with zero attached hydrogens (tertiary/aromatic N) is 4. The molecule has 116 valence electrons. The molecule has 2 N–H and O–H groups in total. The van der Waals surface area contributed by atoms with Crippen molar-refractivity contribution in [1.82, 2.24) is 14.7 Å². The van der Waals surface area contributed by atoms with Gasteiger partial charge in [0.15, 0.2) is 0 Å². The first-order valence-electron chi connectivity index (χ1n) is 7.82. The highest BCUT2D eigenvalue weighted by Gasteiger charge is 2.22. The van der Waals surface area contributed by atoms with Crippen LogP contribution in [-0.4, -0.2) is 73.0 Å². The second-order valence-corrected chi connectivity index (χ2v) is 5.67. The molecule has 0 radical (unpaired) electrons. The molecule has 2 aliphatic heterocycles. The highest BCUT2D eigenvalue weighted by molar-refractivity contribution is 5.97. The summed E-state index contributed by atoms with van der Waals surface area (Å²) in [6.45, 7) is 6.71. The first-order valence-corrected chi connectivity index (χ1v) is 7.82. The van der Waals surface area contributed by atoms with Crippen molar-refractivity contribution in [3.05, 3.63) is 11.8 Å². The molecule has 0 atom stereocenters. The van der Waals surface area contributed by atoms with Crippen LogP contribution in [0.5, 0.6) is 0 Å². The Bertz CT molecular complexity index is 414. The minimum Gasteiger partial charge on any atom is -0.374 e. The highest BCUT2D eigenvalue weighted by atomic mass is 16.2. The number of hydrogen-bond acceptors (Lipinski definition) is 5. The number of carbonyl (C=O) groups excluding carboxylic acids is 1. The number of likely N-dealkylation sites (tertiary alicyclic amines) is 1. The van der Waals surface area contributed by atoms with E-state index in [4.69, 9.17) is 5.73 Å². The van der Waals surface area contributed by atoms with Crippen molar-refractivity contribution < 1.29 is 4.79 Å². The van der Waals surface area contributed by atoms with Crippen molar-refractivity contribution in [2.75, 3.05) is 52.4 Å². The van der Waals surface area contributed by atoms with Crippen LogP contribution < -0.4 is 5.73 Å². The molecule has 0 aromatic rings. The van der Waals surface area contributed by atoms with E-state index < -0.39 is 0 Å². The average molecular weight is 291 g/mol. The smallest absolute Gasteiger partial charge is 0.266 e. The zero-order chi connectivity index (χ0) is 15.1. The predicted molar refractivity (Wildman–Crippen MR) is 81.2 cm³/mol. The van der Waals surface area contributed by atoms with Gasteiger partial charge in [-0.05, 0) is 19.3 Å². The minimum absolute atomic E-state index is 0.110. The lowest BCUT2D eigenvalue weighted by Gasteiger charge is -2.34. The van der Waals surface area contributed by atoms with Crippen LogP contribution in [0.4, 0.5) is 0 Å². The van der Waals surface area contributed by atoms with Gasteiger partial charge in [0.1, 0.15) is 11.6 Å². The normalized spacial score (nSPS) is 21.2. The van der Waals surface area contributed by atoms with Gasteiger partial charge in [-0.15, -0.1) is 0 Å². The van der Waals surface area contributed by atoms with E-state index in [1.165, 1.54) is 6.42 Å². The molecular formula is C15H25N5O. The van der Waals surface area contributed by atoms with Gasteiger partial charge in [-0.2, -0.15) is 5.26 Å². The van der Waals surface area contributed by atoms with Crippen molar-refractivity contribution in [3.63, 3.8) is 0 Å². The number of carbonyl (C=O) groups is 1. The summed E-state index contributed by atoms with van der Waals surface area (Å²) in [5.41, 5.74) is 5.83. The number of piperazine rings is 1. The Hall–Kier alpha value is -1.58. The number of nitrogens with two attached hydrogens (primary N) is 1. The molecule has 0 spiro atoms. The molecule has 0 aromatic heterocycles. The second-order valence-electron chi connectivity index (χ2n) is 5.67. The van der Waals surface area contributed by atoms with Gasteiger partial charge in [0.25, 0.3) is 5.91 Å². The van der Waals surface area contributed by atoms with E-state index >= 15 is 0 Å². The van der Waals surface area contributed by atoms with Gasteiger partial charge >= 0.3 is 0 Å². The van der Waals surface area contributed by atoms with E-state index in [1.54, 1.807) is 6.20 Å². The van der Waals surface area contributed by atoms with Gasteiger partial charge < -0.3 is 15.5 Å². The van der Waals surface area contributed by atoms with E-state index in [-0.39, 0.29) is 11.5 Å². The molecular weight excluding hydrogens is 266 g/mol. The molecule has 0 aromatic carbocycles. The second kappa shape index (κ2) is 8.01. The molecule has 21 heavy (non-hydrogen) atoms. The maximum absolute atomic E-state index is 12.4. The molecule has 0 aliphatic carbocycles. The number of nitriles is 1. The lowest BCUT2D eigenvalue weighted by atomic mass is 10.1. The standard InChI is InChI=1S/C15H25N5O/c16-4-7-18-8-10-19(11-9-18)13-14(12-17)15(21)20-5-2-1-3-6-20/h13H,1-11,16H2/b14-13-. The van der Waals surface area contributed by atoms with E-state index in [0.29, 0.717) is 6.54 Å². The number of hydrogen-bond donors (Lipinski definition) is 1. The van der Waals surface area contributed by atoms with Crippen LogP contribution in [0.15, 0.2) is 11.8 Å². The van der Waals surface area contributed by atoms with E-state index in [2.05, 4.69) is 15.9 Å². The maximum Gasteiger partial charge on any atom is 0.266 e. The molecule has 2 rings (SSSR count). The van der Waals surface area contributed by atoms with Crippen LogP contribution in [0.1, 0.15) is 19.3 Å².